The Morgan fingerprint density at radius 2 is 2.19 bits per heavy atom. The van der Waals surface area contributed by atoms with Crippen molar-refractivity contribution in [2.75, 3.05) is 18.4 Å². The molecule has 112 valence electrons. The summed E-state index contributed by atoms with van der Waals surface area (Å²) in [6.45, 7) is 5.62. The van der Waals surface area contributed by atoms with Crippen LogP contribution in [-0.2, 0) is 9.59 Å². The Hall–Kier alpha value is -2.44. The first kappa shape index (κ1) is 15.0. The summed E-state index contributed by atoms with van der Waals surface area (Å²) < 4.78 is 0. The molecule has 2 heterocycles. The van der Waals surface area contributed by atoms with Crippen molar-refractivity contribution in [1.82, 2.24) is 15.2 Å². The number of carbonyl (C=O) groups excluding carboxylic acids is 3. The monoisotopic (exact) mass is 290 g/mol. The van der Waals surface area contributed by atoms with E-state index in [0.29, 0.717) is 17.8 Å². The molecule has 1 aromatic heterocycles. The highest BCUT2D eigenvalue weighted by molar-refractivity contribution is 6.10. The summed E-state index contributed by atoms with van der Waals surface area (Å²) in [5.74, 6) is -1.33. The van der Waals surface area contributed by atoms with Crippen molar-refractivity contribution in [3.05, 3.63) is 24.0 Å². The molecule has 1 aliphatic rings. The molecule has 1 fully saturated rings. The second-order valence-electron chi connectivity index (χ2n) is 5.28. The maximum absolute atomic E-state index is 12.7. The third-order valence-corrected chi connectivity index (χ3v) is 3.45. The van der Waals surface area contributed by atoms with Crippen LogP contribution in [0.25, 0.3) is 0 Å². The molecule has 1 aliphatic heterocycles. The average molecular weight is 290 g/mol. The number of rotatable bonds is 3. The number of anilines is 1. The smallest absolute Gasteiger partial charge is 0.257 e. The lowest BCUT2D eigenvalue weighted by molar-refractivity contribution is -0.143. The Morgan fingerprint density at radius 3 is 2.86 bits per heavy atom. The SMILES string of the molecule is CCNc1cnccc1C(=O)N1CC(=O)NC(=O)C1(C)C. The molecule has 2 rings (SSSR count). The predicted molar refractivity (Wildman–Crippen MR) is 76.7 cm³/mol. The zero-order valence-corrected chi connectivity index (χ0v) is 12.3. The normalized spacial score (nSPS) is 17.4. The molecule has 1 aromatic rings. The lowest BCUT2D eigenvalue weighted by atomic mass is 9.97. The van der Waals surface area contributed by atoms with Crippen LogP contribution < -0.4 is 10.6 Å². The molecule has 3 amide bonds. The third kappa shape index (κ3) is 2.72. The first-order valence-electron chi connectivity index (χ1n) is 6.72. The molecule has 0 atom stereocenters. The molecule has 21 heavy (non-hydrogen) atoms. The van der Waals surface area contributed by atoms with E-state index < -0.39 is 17.4 Å². The van der Waals surface area contributed by atoms with Crippen molar-refractivity contribution in [3.8, 4) is 0 Å². The molecule has 7 heteroatoms. The number of hydrogen-bond donors (Lipinski definition) is 2. The van der Waals surface area contributed by atoms with E-state index in [2.05, 4.69) is 15.6 Å². The maximum Gasteiger partial charge on any atom is 0.257 e. The number of amides is 3. The maximum atomic E-state index is 12.7. The van der Waals surface area contributed by atoms with Gasteiger partial charge in [0.15, 0.2) is 0 Å². The van der Waals surface area contributed by atoms with Gasteiger partial charge in [-0.25, -0.2) is 0 Å². The van der Waals surface area contributed by atoms with E-state index in [4.69, 9.17) is 0 Å². The number of imide groups is 1. The second-order valence-corrected chi connectivity index (χ2v) is 5.28. The Labute approximate surface area is 122 Å². The van der Waals surface area contributed by atoms with Gasteiger partial charge in [0.25, 0.3) is 11.8 Å². The van der Waals surface area contributed by atoms with Crippen molar-refractivity contribution in [1.29, 1.82) is 0 Å². The highest BCUT2D eigenvalue weighted by atomic mass is 16.2. The summed E-state index contributed by atoms with van der Waals surface area (Å²) in [6.07, 6.45) is 3.06. The van der Waals surface area contributed by atoms with Crippen LogP contribution in [0.4, 0.5) is 5.69 Å². The Balaban J connectivity index is 2.39. The van der Waals surface area contributed by atoms with Crippen LogP contribution >= 0.6 is 0 Å². The van der Waals surface area contributed by atoms with Gasteiger partial charge in [-0.05, 0) is 26.8 Å². The largest absolute Gasteiger partial charge is 0.383 e. The van der Waals surface area contributed by atoms with Gasteiger partial charge in [0, 0.05) is 12.7 Å². The van der Waals surface area contributed by atoms with Crippen LogP contribution in [0, 0.1) is 0 Å². The van der Waals surface area contributed by atoms with Crippen molar-refractivity contribution < 1.29 is 14.4 Å². The van der Waals surface area contributed by atoms with Gasteiger partial charge in [-0.3, -0.25) is 24.7 Å². The molecule has 0 radical (unpaired) electrons. The first-order chi connectivity index (χ1) is 9.87. The van der Waals surface area contributed by atoms with E-state index >= 15 is 0 Å². The van der Waals surface area contributed by atoms with Gasteiger partial charge in [-0.1, -0.05) is 0 Å². The molecular weight excluding hydrogens is 272 g/mol. The zero-order valence-electron chi connectivity index (χ0n) is 12.3. The number of aromatic nitrogens is 1. The molecule has 0 unspecified atom stereocenters. The predicted octanol–water partition coefficient (Wildman–Crippen LogP) is 0.391. The number of carbonyl (C=O) groups is 3. The standard InChI is InChI=1S/C14H18N4O3/c1-4-16-10-7-15-6-5-9(10)12(20)18-8-11(19)17-13(21)14(18,2)3/h5-7,16H,4,8H2,1-3H3,(H,17,19,21). The minimum atomic E-state index is -1.09. The fraction of sp³-hybridized carbons (Fsp3) is 0.429. The Kier molecular flexibility index (Phi) is 3.93. The molecule has 0 saturated carbocycles. The highest BCUT2D eigenvalue weighted by Gasteiger charge is 2.44. The summed E-state index contributed by atoms with van der Waals surface area (Å²) >= 11 is 0. The molecule has 0 spiro atoms. The van der Waals surface area contributed by atoms with Gasteiger partial charge in [-0.2, -0.15) is 0 Å². The topological polar surface area (TPSA) is 91.4 Å². The van der Waals surface area contributed by atoms with Crippen molar-refractivity contribution in [3.63, 3.8) is 0 Å². The van der Waals surface area contributed by atoms with Crippen molar-refractivity contribution in [2.45, 2.75) is 26.3 Å². The minimum Gasteiger partial charge on any atom is -0.383 e. The van der Waals surface area contributed by atoms with Crippen LogP contribution in [0.5, 0.6) is 0 Å². The van der Waals surface area contributed by atoms with E-state index in [1.807, 2.05) is 6.92 Å². The van der Waals surface area contributed by atoms with Crippen LogP contribution in [0.3, 0.4) is 0 Å². The summed E-state index contributed by atoms with van der Waals surface area (Å²) in [7, 11) is 0. The van der Waals surface area contributed by atoms with E-state index in [1.54, 1.807) is 26.1 Å². The Bertz CT molecular complexity index is 598. The van der Waals surface area contributed by atoms with Gasteiger partial charge >= 0.3 is 0 Å². The van der Waals surface area contributed by atoms with E-state index in [0.717, 1.165) is 0 Å². The summed E-state index contributed by atoms with van der Waals surface area (Å²) in [5, 5.41) is 5.30. The van der Waals surface area contributed by atoms with Gasteiger partial charge in [0.1, 0.15) is 12.1 Å². The number of hydrogen-bond acceptors (Lipinski definition) is 5. The molecule has 0 aliphatic carbocycles. The van der Waals surface area contributed by atoms with Crippen LogP contribution in [0.1, 0.15) is 31.1 Å². The highest BCUT2D eigenvalue weighted by Crippen LogP contribution is 2.24. The number of pyridine rings is 1. The summed E-state index contributed by atoms with van der Waals surface area (Å²) in [6, 6.07) is 1.58. The quantitative estimate of drug-likeness (QED) is 0.786. The van der Waals surface area contributed by atoms with E-state index in [1.165, 1.54) is 11.1 Å². The number of nitrogens with zero attached hydrogens (tertiary/aromatic N) is 2. The van der Waals surface area contributed by atoms with Crippen LogP contribution in [0.2, 0.25) is 0 Å². The minimum absolute atomic E-state index is 0.147. The number of nitrogens with one attached hydrogen (secondary N) is 2. The van der Waals surface area contributed by atoms with Gasteiger partial charge < -0.3 is 10.2 Å². The fourth-order valence-corrected chi connectivity index (χ4v) is 2.17. The zero-order chi connectivity index (χ0) is 15.6. The van der Waals surface area contributed by atoms with Crippen molar-refractivity contribution in [2.24, 2.45) is 0 Å². The van der Waals surface area contributed by atoms with Crippen LogP contribution in [0.15, 0.2) is 18.5 Å². The first-order valence-corrected chi connectivity index (χ1v) is 6.72. The third-order valence-electron chi connectivity index (χ3n) is 3.45. The summed E-state index contributed by atoms with van der Waals surface area (Å²) in [4.78, 5) is 41.5. The molecule has 1 saturated heterocycles. The molecule has 0 aromatic carbocycles. The van der Waals surface area contributed by atoms with Crippen LogP contribution in [-0.4, -0.2) is 46.2 Å². The molecular formula is C14H18N4O3. The van der Waals surface area contributed by atoms with Crippen molar-refractivity contribution >= 4 is 23.4 Å². The lowest BCUT2D eigenvalue weighted by Gasteiger charge is -2.40. The summed E-state index contributed by atoms with van der Waals surface area (Å²) in [5.41, 5.74) is -0.112. The lowest BCUT2D eigenvalue weighted by Crippen LogP contribution is -2.65. The van der Waals surface area contributed by atoms with Gasteiger partial charge in [0.05, 0.1) is 17.4 Å². The molecule has 2 N–H and O–H groups in total. The second kappa shape index (κ2) is 5.51. The fourth-order valence-electron chi connectivity index (χ4n) is 2.17. The number of piperazine rings is 1. The van der Waals surface area contributed by atoms with Gasteiger partial charge in [0.2, 0.25) is 5.91 Å². The Morgan fingerprint density at radius 1 is 1.48 bits per heavy atom. The van der Waals surface area contributed by atoms with E-state index in [-0.39, 0.29) is 12.5 Å². The average Bonchev–Trinajstić information content (AvgIpc) is 2.43. The van der Waals surface area contributed by atoms with E-state index in [9.17, 15) is 14.4 Å². The molecule has 0 bridgehead atoms. The van der Waals surface area contributed by atoms with Gasteiger partial charge in [-0.15, -0.1) is 0 Å². The molecule has 7 nitrogen and oxygen atoms in total.